The molecular weight excluding hydrogens is 284 g/mol. The van der Waals surface area contributed by atoms with Gasteiger partial charge < -0.3 is 10.2 Å². The van der Waals surface area contributed by atoms with Crippen molar-refractivity contribution in [3.05, 3.63) is 60.2 Å². The first kappa shape index (κ1) is 19.1. The third-order valence-electron chi connectivity index (χ3n) is 3.73. The van der Waals surface area contributed by atoms with Crippen molar-refractivity contribution in [2.24, 2.45) is 5.92 Å². The first-order chi connectivity index (χ1) is 11.1. The van der Waals surface area contributed by atoms with E-state index < -0.39 is 0 Å². The van der Waals surface area contributed by atoms with Gasteiger partial charge in [0.25, 0.3) is 0 Å². The molecule has 2 heteroatoms. The Balaban J connectivity index is 0.000000313. The molecule has 0 saturated carbocycles. The van der Waals surface area contributed by atoms with Gasteiger partial charge in [-0.1, -0.05) is 75.9 Å². The summed E-state index contributed by atoms with van der Waals surface area (Å²) < 4.78 is 0. The molecule has 2 nitrogen and oxygen atoms in total. The fraction of sp³-hybridized carbons (Fsp3) is 0.429. The fourth-order valence-electron chi connectivity index (χ4n) is 2.37. The second-order valence-corrected chi connectivity index (χ2v) is 6.31. The quantitative estimate of drug-likeness (QED) is 0.621. The molecule has 0 unspecified atom stereocenters. The topological polar surface area (TPSA) is 40.5 Å². The Morgan fingerprint density at radius 3 is 1.91 bits per heavy atom. The van der Waals surface area contributed by atoms with Gasteiger partial charge in [0.2, 0.25) is 0 Å². The lowest BCUT2D eigenvalue weighted by atomic mass is 10.0. The zero-order valence-electron chi connectivity index (χ0n) is 14.4. The lowest BCUT2D eigenvalue weighted by Gasteiger charge is -2.05. The molecule has 126 valence electrons. The Hall–Kier alpha value is -1.96. The van der Waals surface area contributed by atoms with E-state index in [2.05, 4.69) is 13.8 Å². The van der Waals surface area contributed by atoms with E-state index in [1.165, 1.54) is 32.1 Å². The van der Waals surface area contributed by atoms with E-state index >= 15 is 0 Å². The molecule has 0 heterocycles. The molecular formula is C21H30O2. The average Bonchev–Trinajstić information content (AvgIpc) is 2.53. The Bertz CT molecular complexity index is 520. The maximum absolute atomic E-state index is 9.59. The second kappa shape index (κ2) is 11.6. The van der Waals surface area contributed by atoms with Crippen LogP contribution < -0.4 is 0 Å². The van der Waals surface area contributed by atoms with Gasteiger partial charge in [0.05, 0.1) is 0 Å². The second-order valence-electron chi connectivity index (χ2n) is 6.31. The van der Waals surface area contributed by atoms with E-state index in [9.17, 15) is 5.11 Å². The summed E-state index contributed by atoms with van der Waals surface area (Å²) in [5.74, 6) is 1.60. The summed E-state index contributed by atoms with van der Waals surface area (Å²) in [6, 6.07) is 16.4. The van der Waals surface area contributed by atoms with E-state index in [1.54, 1.807) is 30.3 Å². The van der Waals surface area contributed by atoms with Gasteiger partial charge in [0, 0.05) is 0 Å². The summed E-state index contributed by atoms with van der Waals surface area (Å²) in [5, 5.41) is 18.2. The number of hydrogen-bond donors (Lipinski definition) is 2. The third kappa shape index (κ3) is 9.62. The van der Waals surface area contributed by atoms with E-state index in [-0.39, 0.29) is 0 Å². The highest BCUT2D eigenvalue weighted by molar-refractivity contribution is 5.31. The molecule has 2 rings (SSSR count). The molecule has 2 N–H and O–H groups in total. The number of para-hydroxylation sites is 2. The molecule has 2 aromatic carbocycles. The minimum Gasteiger partial charge on any atom is -0.508 e. The number of phenolic OH excluding ortho intramolecular Hbond substituents is 2. The SMILES string of the molecule is CC(C)CCCCCCc1ccccc1O.Oc1ccccc1. The molecule has 0 atom stereocenters. The summed E-state index contributed by atoms with van der Waals surface area (Å²) >= 11 is 0. The maximum Gasteiger partial charge on any atom is 0.118 e. The lowest BCUT2D eigenvalue weighted by Crippen LogP contribution is -1.89. The standard InChI is InChI=1S/C15H24O.C6H6O/c1-13(2)9-5-3-4-6-10-14-11-7-8-12-15(14)16;7-6-4-2-1-3-5-6/h7-8,11-13,16H,3-6,9-10H2,1-2H3;1-5,7H. The minimum atomic E-state index is 0.322. The molecule has 0 radical (unpaired) electrons. The molecule has 0 aliphatic rings. The van der Waals surface area contributed by atoms with Crippen LogP contribution in [0.5, 0.6) is 11.5 Å². The molecule has 0 bridgehead atoms. The van der Waals surface area contributed by atoms with Crippen molar-refractivity contribution in [3.8, 4) is 11.5 Å². The third-order valence-corrected chi connectivity index (χ3v) is 3.73. The van der Waals surface area contributed by atoms with Gasteiger partial charge in [-0.25, -0.2) is 0 Å². The molecule has 0 spiro atoms. The van der Waals surface area contributed by atoms with Gasteiger partial charge in [-0.05, 0) is 42.5 Å². The fourth-order valence-corrected chi connectivity index (χ4v) is 2.37. The van der Waals surface area contributed by atoms with Gasteiger partial charge in [0.1, 0.15) is 11.5 Å². The number of aromatic hydroxyl groups is 2. The predicted molar refractivity (Wildman–Crippen MR) is 97.8 cm³/mol. The van der Waals surface area contributed by atoms with Crippen LogP contribution in [0.4, 0.5) is 0 Å². The smallest absolute Gasteiger partial charge is 0.118 e. The number of benzene rings is 2. The van der Waals surface area contributed by atoms with Gasteiger partial charge in [0.15, 0.2) is 0 Å². The molecule has 0 aliphatic heterocycles. The van der Waals surface area contributed by atoms with E-state index in [4.69, 9.17) is 5.11 Å². The highest BCUT2D eigenvalue weighted by Gasteiger charge is 1.99. The first-order valence-electron chi connectivity index (χ1n) is 8.60. The Labute approximate surface area is 140 Å². The molecule has 0 fully saturated rings. The Morgan fingerprint density at radius 1 is 0.739 bits per heavy atom. The zero-order chi connectivity index (χ0) is 16.9. The van der Waals surface area contributed by atoms with Crippen molar-refractivity contribution in [3.63, 3.8) is 0 Å². The highest BCUT2D eigenvalue weighted by atomic mass is 16.3. The van der Waals surface area contributed by atoms with Crippen molar-refractivity contribution in [2.45, 2.75) is 52.4 Å². The van der Waals surface area contributed by atoms with Crippen molar-refractivity contribution in [1.29, 1.82) is 0 Å². The van der Waals surface area contributed by atoms with Crippen LogP contribution in [-0.2, 0) is 6.42 Å². The zero-order valence-corrected chi connectivity index (χ0v) is 14.4. The molecule has 0 saturated heterocycles. The monoisotopic (exact) mass is 314 g/mol. The van der Waals surface area contributed by atoms with Crippen LogP contribution in [-0.4, -0.2) is 10.2 Å². The van der Waals surface area contributed by atoms with Gasteiger partial charge >= 0.3 is 0 Å². The Morgan fingerprint density at radius 2 is 1.35 bits per heavy atom. The van der Waals surface area contributed by atoms with E-state index in [0.717, 1.165) is 17.9 Å². The lowest BCUT2D eigenvalue weighted by molar-refractivity contribution is 0.465. The molecule has 0 aliphatic carbocycles. The normalized spacial score (nSPS) is 10.2. The van der Waals surface area contributed by atoms with Crippen LogP contribution in [0.2, 0.25) is 0 Å². The first-order valence-corrected chi connectivity index (χ1v) is 8.60. The molecule has 23 heavy (non-hydrogen) atoms. The van der Waals surface area contributed by atoms with Crippen molar-refractivity contribution >= 4 is 0 Å². The maximum atomic E-state index is 9.59. The van der Waals surface area contributed by atoms with Crippen LogP contribution in [0.15, 0.2) is 54.6 Å². The van der Waals surface area contributed by atoms with Crippen molar-refractivity contribution < 1.29 is 10.2 Å². The number of hydrogen-bond acceptors (Lipinski definition) is 2. The summed E-state index contributed by atoms with van der Waals surface area (Å²) in [7, 11) is 0. The molecule has 0 amide bonds. The van der Waals surface area contributed by atoms with Crippen molar-refractivity contribution in [2.75, 3.05) is 0 Å². The molecule has 2 aromatic rings. The van der Waals surface area contributed by atoms with Crippen molar-refractivity contribution in [1.82, 2.24) is 0 Å². The number of unbranched alkanes of at least 4 members (excludes halogenated alkanes) is 3. The largest absolute Gasteiger partial charge is 0.508 e. The van der Waals surface area contributed by atoms with Gasteiger partial charge in [-0.2, -0.15) is 0 Å². The number of phenols is 2. The number of rotatable bonds is 7. The minimum absolute atomic E-state index is 0.322. The Kier molecular flexibility index (Phi) is 9.62. The summed E-state index contributed by atoms with van der Waals surface area (Å²) in [4.78, 5) is 0. The number of aryl methyl sites for hydroxylation is 1. The highest BCUT2D eigenvalue weighted by Crippen LogP contribution is 2.19. The summed E-state index contributed by atoms with van der Waals surface area (Å²) in [6.45, 7) is 4.56. The van der Waals surface area contributed by atoms with Gasteiger partial charge in [-0.15, -0.1) is 0 Å². The van der Waals surface area contributed by atoms with Crippen LogP contribution >= 0.6 is 0 Å². The van der Waals surface area contributed by atoms with Gasteiger partial charge in [-0.3, -0.25) is 0 Å². The average molecular weight is 314 g/mol. The van der Waals surface area contributed by atoms with E-state index in [1.807, 2.05) is 24.3 Å². The van der Waals surface area contributed by atoms with Crippen LogP contribution in [0.3, 0.4) is 0 Å². The van der Waals surface area contributed by atoms with E-state index in [0.29, 0.717) is 11.5 Å². The van der Waals surface area contributed by atoms with Crippen LogP contribution in [0.1, 0.15) is 51.5 Å². The summed E-state index contributed by atoms with van der Waals surface area (Å²) in [5.41, 5.74) is 1.09. The summed E-state index contributed by atoms with van der Waals surface area (Å²) in [6.07, 6.45) is 7.49. The van der Waals surface area contributed by atoms with Crippen LogP contribution in [0, 0.1) is 5.92 Å². The predicted octanol–water partition coefficient (Wildman–Crippen LogP) is 5.93. The molecule has 0 aromatic heterocycles. The van der Waals surface area contributed by atoms with Crippen LogP contribution in [0.25, 0.3) is 0 Å².